The van der Waals surface area contributed by atoms with Crippen LogP contribution >= 0.6 is 0 Å². The first-order chi connectivity index (χ1) is 14.5. The van der Waals surface area contributed by atoms with Gasteiger partial charge in [0, 0.05) is 12.0 Å². The van der Waals surface area contributed by atoms with Crippen LogP contribution in [0.3, 0.4) is 0 Å². The number of allylic oxidation sites excluding steroid dienone is 1. The molecule has 1 saturated heterocycles. The van der Waals surface area contributed by atoms with E-state index in [2.05, 4.69) is 20.6 Å². The van der Waals surface area contributed by atoms with E-state index in [0.717, 1.165) is 25.7 Å². The number of aromatic nitrogens is 1. The van der Waals surface area contributed by atoms with E-state index < -0.39 is 12.1 Å². The number of aliphatic imine (C=N–C) groups is 1. The Morgan fingerprint density at radius 1 is 1.30 bits per heavy atom. The second kappa shape index (κ2) is 8.88. The summed E-state index contributed by atoms with van der Waals surface area (Å²) in [5, 5.41) is 6.41. The predicted octanol–water partition coefficient (Wildman–Crippen LogP) is 0.674. The number of primary amides is 1. The number of ether oxygens (including phenoxy) is 1. The standard InChI is InChI=1S/C20H25FN6O3/c21-14-10-23-20(24-13-6-4-12(5-7-13)19(22)29)26-18(14)15-2-1-3-16(25-15)27-8-9-30-11-17(27)28/h1-3,10,12-13,20,24,26H,4-9,11H2,(H2,22,29). The lowest BCUT2D eigenvalue weighted by Gasteiger charge is -2.31. The highest BCUT2D eigenvalue weighted by Gasteiger charge is 2.28. The predicted molar refractivity (Wildman–Crippen MR) is 109 cm³/mol. The summed E-state index contributed by atoms with van der Waals surface area (Å²) in [5.41, 5.74) is 6.00. The van der Waals surface area contributed by atoms with Gasteiger partial charge in [0.15, 0.2) is 12.1 Å². The van der Waals surface area contributed by atoms with Crippen LogP contribution in [0.2, 0.25) is 0 Å². The highest BCUT2D eigenvalue weighted by atomic mass is 19.1. The van der Waals surface area contributed by atoms with Crippen LogP contribution in [-0.4, -0.2) is 55.1 Å². The molecule has 1 aromatic rings. The summed E-state index contributed by atoms with van der Waals surface area (Å²) in [7, 11) is 0. The van der Waals surface area contributed by atoms with Crippen molar-refractivity contribution in [1.29, 1.82) is 0 Å². The van der Waals surface area contributed by atoms with Gasteiger partial charge in [-0.05, 0) is 37.8 Å². The number of anilines is 1. The van der Waals surface area contributed by atoms with Crippen LogP contribution in [0.25, 0.3) is 5.70 Å². The van der Waals surface area contributed by atoms with Gasteiger partial charge >= 0.3 is 0 Å². The molecule has 10 heteroatoms. The van der Waals surface area contributed by atoms with E-state index in [1.54, 1.807) is 18.2 Å². The largest absolute Gasteiger partial charge is 0.370 e. The fraction of sp³-hybridized carbons (Fsp3) is 0.500. The van der Waals surface area contributed by atoms with Crippen molar-refractivity contribution in [2.24, 2.45) is 16.6 Å². The van der Waals surface area contributed by atoms with Gasteiger partial charge in [-0.15, -0.1) is 0 Å². The third kappa shape index (κ3) is 4.49. The molecule has 4 rings (SSSR count). The molecule has 0 bridgehead atoms. The van der Waals surface area contributed by atoms with Crippen molar-refractivity contribution in [3.8, 4) is 0 Å². The van der Waals surface area contributed by atoms with E-state index in [-0.39, 0.29) is 36.1 Å². The molecule has 0 radical (unpaired) electrons. The average molecular weight is 416 g/mol. The molecule has 1 atom stereocenters. The van der Waals surface area contributed by atoms with Crippen LogP contribution in [0.4, 0.5) is 10.2 Å². The van der Waals surface area contributed by atoms with Crippen molar-refractivity contribution in [3.05, 3.63) is 29.7 Å². The van der Waals surface area contributed by atoms with Crippen molar-refractivity contribution in [1.82, 2.24) is 15.6 Å². The Morgan fingerprint density at radius 3 is 2.83 bits per heavy atom. The lowest BCUT2D eigenvalue weighted by molar-refractivity contribution is -0.126. The molecule has 1 aliphatic carbocycles. The Hall–Kier alpha value is -2.85. The Kier molecular flexibility index (Phi) is 6.05. The number of hydrogen-bond donors (Lipinski definition) is 3. The van der Waals surface area contributed by atoms with E-state index in [9.17, 15) is 14.0 Å². The molecule has 0 aromatic carbocycles. The number of nitrogens with one attached hydrogen (secondary N) is 2. The first kappa shape index (κ1) is 20.4. The van der Waals surface area contributed by atoms with E-state index >= 15 is 0 Å². The second-order valence-electron chi connectivity index (χ2n) is 7.64. The second-order valence-corrected chi connectivity index (χ2v) is 7.64. The van der Waals surface area contributed by atoms with Crippen LogP contribution in [0.15, 0.2) is 29.0 Å². The smallest absolute Gasteiger partial charge is 0.254 e. The van der Waals surface area contributed by atoms with E-state index in [1.165, 1.54) is 11.1 Å². The van der Waals surface area contributed by atoms with Crippen molar-refractivity contribution in [3.63, 3.8) is 0 Å². The van der Waals surface area contributed by atoms with Crippen LogP contribution in [0.1, 0.15) is 31.4 Å². The zero-order chi connectivity index (χ0) is 21.1. The maximum absolute atomic E-state index is 14.5. The minimum atomic E-state index is -0.525. The molecule has 160 valence electrons. The van der Waals surface area contributed by atoms with Gasteiger partial charge in [-0.25, -0.2) is 9.37 Å². The minimum Gasteiger partial charge on any atom is -0.370 e. The maximum Gasteiger partial charge on any atom is 0.254 e. The third-order valence-corrected chi connectivity index (χ3v) is 5.63. The van der Waals surface area contributed by atoms with Crippen molar-refractivity contribution < 1.29 is 18.7 Å². The Morgan fingerprint density at radius 2 is 2.10 bits per heavy atom. The average Bonchev–Trinajstić information content (AvgIpc) is 2.76. The Labute approximate surface area is 173 Å². The molecule has 9 nitrogen and oxygen atoms in total. The summed E-state index contributed by atoms with van der Waals surface area (Å²) in [5.74, 6) is -0.569. The first-order valence-corrected chi connectivity index (χ1v) is 10.1. The highest BCUT2D eigenvalue weighted by molar-refractivity contribution is 5.94. The fourth-order valence-corrected chi connectivity index (χ4v) is 3.97. The monoisotopic (exact) mass is 416 g/mol. The number of halogens is 1. The Bertz CT molecular complexity index is 881. The number of carbonyl (C=O) groups excluding carboxylic acids is 2. The molecule has 3 aliphatic rings. The SMILES string of the molecule is NC(=O)C1CCC(NC2N=CC(F)=C(c3cccc(N4CCOCC4=O)n3)N2)CC1. The molecule has 1 aromatic heterocycles. The van der Waals surface area contributed by atoms with Crippen LogP contribution in [0.5, 0.6) is 0 Å². The van der Waals surface area contributed by atoms with E-state index in [4.69, 9.17) is 10.5 Å². The molecule has 30 heavy (non-hydrogen) atoms. The fourth-order valence-electron chi connectivity index (χ4n) is 3.97. The molecule has 0 spiro atoms. The number of carbonyl (C=O) groups is 2. The van der Waals surface area contributed by atoms with Crippen LogP contribution in [-0.2, 0) is 14.3 Å². The molecule has 1 saturated carbocycles. The minimum absolute atomic E-state index is 0.0118. The molecule has 2 amide bonds. The summed E-state index contributed by atoms with van der Waals surface area (Å²) in [6, 6.07) is 5.30. The number of morpholine rings is 1. The van der Waals surface area contributed by atoms with Crippen LogP contribution < -0.4 is 21.3 Å². The van der Waals surface area contributed by atoms with Gasteiger partial charge in [0.1, 0.15) is 18.1 Å². The topological polar surface area (TPSA) is 122 Å². The molecule has 2 fully saturated rings. The van der Waals surface area contributed by atoms with Gasteiger partial charge in [-0.2, -0.15) is 0 Å². The quantitative estimate of drug-likeness (QED) is 0.649. The lowest BCUT2D eigenvalue weighted by Crippen LogP contribution is -2.48. The Balaban J connectivity index is 1.43. The summed E-state index contributed by atoms with van der Waals surface area (Å²) in [6.07, 6.45) is 3.73. The molecule has 4 N–H and O–H groups in total. The van der Waals surface area contributed by atoms with Gasteiger partial charge < -0.3 is 15.8 Å². The summed E-state index contributed by atoms with van der Waals surface area (Å²) >= 11 is 0. The normalized spacial score (nSPS) is 27.2. The molecule has 2 aliphatic heterocycles. The van der Waals surface area contributed by atoms with Crippen molar-refractivity contribution in [2.45, 2.75) is 38.0 Å². The molecular weight excluding hydrogens is 391 g/mol. The molecular formula is C20H25FN6O3. The van der Waals surface area contributed by atoms with Crippen LogP contribution in [0, 0.1) is 5.92 Å². The lowest BCUT2D eigenvalue weighted by atomic mass is 9.85. The van der Waals surface area contributed by atoms with Gasteiger partial charge in [0.25, 0.3) is 5.91 Å². The number of hydrogen-bond acceptors (Lipinski definition) is 7. The number of amides is 2. The number of pyridine rings is 1. The molecule has 1 unspecified atom stereocenters. The maximum atomic E-state index is 14.5. The van der Waals surface area contributed by atoms with Gasteiger partial charge in [-0.3, -0.25) is 24.8 Å². The summed E-state index contributed by atoms with van der Waals surface area (Å²) in [4.78, 5) is 33.6. The van der Waals surface area contributed by atoms with Gasteiger partial charge in [-0.1, -0.05) is 6.07 Å². The van der Waals surface area contributed by atoms with E-state index in [0.29, 0.717) is 24.7 Å². The summed E-state index contributed by atoms with van der Waals surface area (Å²) < 4.78 is 19.7. The number of nitrogens with zero attached hydrogens (tertiary/aromatic N) is 3. The zero-order valence-corrected chi connectivity index (χ0v) is 16.5. The van der Waals surface area contributed by atoms with Gasteiger partial charge in [0.05, 0.1) is 25.1 Å². The number of nitrogens with two attached hydrogens (primary N) is 1. The molecule has 3 heterocycles. The zero-order valence-electron chi connectivity index (χ0n) is 16.5. The number of rotatable bonds is 5. The summed E-state index contributed by atoms with van der Waals surface area (Å²) in [6.45, 7) is 0.853. The first-order valence-electron chi connectivity index (χ1n) is 10.1. The highest BCUT2D eigenvalue weighted by Crippen LogP contribution is 2.26. The van der Waals surface area contributed by atoms with Crippen molar-refractivity contribution in [2.75, 3.05) is 24.7 Å². The third-order valence-electron chi connectivity index (χ3n) is 5.63. The van der Waals surface area contributed by atoms with Gasteiger partial charge in [0.2, 0.25) is 5.91 Å². The van der Waals surface area contributed by atoms with E-state index in [1.807, 2.05) is 0 Å². The van der Waals surface area contributed by atoms with Crippen molar-refractivity contribution >= 4 is 29.5 Å².